The SMILES string of the molecule is CCc1ccc(-c2nc(NN)c3cc(C)sc3n2)cc1. The summed E-state index contributed by atoms with van der Waals surface area (Å²) in [6, 6.07) is 10.4. The van der Waals surface area contributed by atoms with Crippen LogP contribution in [0.15, 0.2) is 30.3 Å². The summed E-state index contributed by atoms with van der Waals surface area (Å²) in [6.45, 7) is 4.20. The lowest BCUT2D eigenvalue weighted by molar-refractivity contribution is 1.14. The summed E-state index contributed by atoms with van der Waals surface area (Å²) in [5.41, 5.74) is 4.98. The molecule has 4 nitrogen and oxygen atoms in total. The van der Waals surface area contributed by atoms with E-state index in [-0.39, 0.29) is 0 Å². The van der Waals surface area contributed by atoms with Gasteiger partial charge in [0.25, 0.3) is 0 Å². The molecule has 0 bridgehead atoms. The number of hydrogen-bond donors (Lipinski definition) is 2. The molecule has 0 atom stereocenters. The summed E-state index contributed by atoms with van der Waals surface area (Å²) in [6.07, 6.45) is 1.03. The van der Waals surface area contributed by atoms with Crippen molar-refractivity contribution in [2.24, 2.45) is 5.84 Å². The van der Waals surface area contributed by atoms with Gasteiger partial charge in [-0.25, -0.2) is 15.8 Å². The number of aromatic nitrogens is 2. The molecule has 2 heterocycles. The summed E-state index contributed by atoms with van der Waals surface area (Å²) in [5, 5.41) is 0.976. The standard InChI is InChI=1S/C15H16N4S/c1-3-10-4-6-11(7-5-10)13-17-14(19-16)12-8-9(2)20-15(12)18-13/h4-8H,3,16H2,1-2H3,(H,17,18,19). The van der Waals surface area contributed by atoms with Crippen LogP contribution in [0.1, 0.15) is 17.4 Å². The summed E-state index contributed by atoms with van der Waals surface area (Å²) in [7, 11) is 0. The molecular weight excluding hydrogens is 268 g/mol. The minimum atomic E-state index is 0.675. The Kier molecular flexibility index (Phi) is 3.38. The van der Waals surface area contributed by atoms with Gasteiger partial charge < -0.3 is 5.43 Å². The molecule has 5 heteroatoms. The number of rotatable bonds is 3. The average molecular weight is 284 g/mol. The molecule has 102 valence electrons. The molecule has 0 fully saturated rings. The molecule has 0 radical (unpaired) electrons. The van der Waals surface area contributed by atoms with Gasteiger partial charge in [0.15, 0.2) is 11.6 Å². The van der Waals surface area contributed by atoms with Gasteiger partial charge in [0, 0.05) is 10.4 Å². The normalized spacial score (nSPS) is 10.9. The smallest absolute Gasteiger partial charge is 0.163 e. The first-order valence-corrected chi connectivity index (χ1v) is 7.37. The van der Waals surface area contributed by atoms with Crippen molar-refractivity contribution in [3.05, 3.63) is 40.8 Å². The monoisotopic (exact) mass is 284 g/mol. The topological polar surface area (TPSA) is 63.8 Å². The second-order valence-electron chi connectivity index (χ2n) is 4.67. The van der Waals surface area contributed by atoms with Gasteiger partial charge in [0.2, 0.25) is 0 Å². The van der Waals surface area contributed by atoms with Crippen molar-refractivity contribution in [1.82, 2.24) is 9.97 Å². The first-order chi connectivity index (χ1) is 9.71. The first-order valence-electron chi connectivity index (χ1n) is 6.55. The van der Waals surface area contributed by atoms with E-state index in [9.17, 15) is 0 Å². The molecule has 2 aromatic heterocycles. The van der Waals surface area contributed by atoms with Crippen molar-refractivity contribution in [3.8, 4) is 11.4 Å². The highest BCUT2D eigenvalue weighted by Crippen LogP contribution is 2.30. The lowest BCUT2D eigenvalue weighted by Gasteiger charge is -2.06. The summed E-state index contributed by atoms with van der Waals surface area (Å²) in [5.74, 6) is 6.96. The molecule has 20 heavy (non-hydrogen) atoms. The van der Waals surface area contributed by atoms with Gasteiger partial charge in [-0.2, -0.15) is 0 Å². The predicted molar refractivity (Wildman–Crippen MR) is 84.8 cm³/mol. The number of hydrogen-bond acceptors (Lipinski definition) is 5. The zero-order chi connectivity index (χ0) is 14.1. The van der Waals surface area contributed by atoms with Crippen LogP contribution < -0.4 is 11.3 Å². The van der Waals surface area contributed by atoms with Crippen LogP contribution in [0.2, 0.25) is 0 Å². The van der Waals surface area contributed by atoms with Crippen LogP contribution in [0.4, 0.5) is 5.82 Å². The molecule has 0 amide bonds. The minimum Gasteiger partial charge on any atom is -0.308 e. The lowest BCUT2D eigenvalue weighted by Crippen LogP contribution is -2.09. The van der Waals surface area contributed by atoms with Crippen molar-refractivity contribution < 1.29 is 0 Å². The van der Waals surface area contributed by atoms with Crippen LogP contribution in [0.5, 0.6) is 0 Å². The van der Waals surface area contributed by atoms with E-state index in [0.29, 0.717) is 11.6 Å². The van der Waals surface area contributed by atoms with E-state index in [1.54, 1.807) is 11.3 Å². The Bertz CT molecular complexity index is 746. The maximum absolute atomic E-state index is 5.58. The second kappa shape index (κ2) is 5.19. The van der Waals surface area contributed by atoms with Gasteiger partial charge in [-0.3, -0.25) is 0 Å². The number of nitrogen functional groups attached to an aromatic ring is 1. The fourth-order valence-electron chi connectivity index (χ4n) is 2.17. The molecule has 3 rings (SSSR count). The number of fused-ring (bicyclic) bond motifs is 1. The van der Waals surface area contributed by atoms with E-state index in [4.69, 9.17) is 5.84 Å². The summed E-state index contributed by atoms with van der Waals surface area (Å²) >= 11 is 1.65. The van der Waals surface area contributed by atoms with Gasteiger partial charge in [-0.15, -0.1) is 11.3 Å². The molecule has 3 aromatic rings. The van der Waals surface area contributed by atoms with Gasteiger partial charge in [0.05, 0.1) is 5.39 Å². The van der Waals surface area contributed by atoms with Gasteiger partial charge in [0.1, 0.15) is 4.83 Å². The number of benzene rings is 1. The van der Waals surface area contributed by atoms with Gasteiger partial charge >= 0.3 is 0 Å². The number of anilines is 1. The number of nitrogens with one attached hydrogen (secondary N) is 1. The van der Waals surface area contributed by atoms with Crippen LogP contribution in [-0.2, 0) is 6.42 Å². The molecule has 0 unspecified atom stereocenters. The van der Waals surface area contributed by atoms with Crippen LogP contribution in [0, 0.1) is 6.92 Å². The van der Waals surface area contributed by atoms with Gasteiger partial charge in [-0.1, -0.05) is 31.2 Å². The van der Waals surface area contributed by atoms with Crippen LogP contribution >= 0.6 is 11.3 Å². The third kappa shape index (κ3) is 2.26. The molecule has 0 aliphatic heterocycles. The Hall–Kier alpha value is -1.98. The van der Waals surface area contributed by atoms with E-state index < -0.39 is 0 Å². The third-order valence-electron chi connectivity index (χ3n) is 3.27. The maximum Gasteiger partial charge on any atom is 0.163 e. The molecule has 0 aliphatic rings. The fraction of sp³-hybridized carbons (Fsp3) is 0.200. The molecule has 0 saturated heterocycles. The van der Waals surface area contributed by atoms with Crippen LogP contribution in [0.3, 0.4) is 0 Å². The number of nitrogens with zero attached hydrogens (tertiary/aromatic N) is 2. The summed E-state index contributed by atoms with van der Waals surface area (Å²) in [4.78, 5) is 11.3. The van der Waals surface area contributed by atoms with Gasteiger partial charge in [-0.05, 0) is 25.0 Å². The zero-order valence-corrected chi connectivity index (χ0v) is 12.3. The first kappa shape index (κ1) is 13.0. The highest BCUT2D eigenvalue weighted by Gasteiger charge is 2.11. The Balaban J connectivity index is 2.14. The number of aryl methyl sites for hydroxylation is 2. The van der Waals surface area contributed by atoms with E-state index in [0.717, 1.165) is 22.2 Å². The molecule has 0 spiro atoms. The third-order valence-corrected chi connectivity index (χ3v) is 4.22. The minimum absolute atomic E-state index is 0.675. The molecule has 0 saturated carbocycles. The quantitative estimate of drug-likeness (QED) is 0.570. The molecule has 3 N–H and O–H groups in total. The molecule has 0 aliphatic carbocycles. The maximum atomic E-state index is 5.58. The summed E-state index contributed by atoms with van der Waals surface area (Å²) < 4.78 is 0. The second-order valence-corrected chi connectivity index (χ2v) is 5.90. The number of thiophene rings is 1. The zero-order valence-electron chi connectivity index (χ0n) is 11.5. The molecular formula is C15H16N4S. The fourth-order valence-corrected chi connectivity index (χ4v) is 3.05. The average Bonchev–Trinajstić information content (AvgIpc) is 2.86. The van der Waals surface area contributed by atoms with E-state index in [1.165, 1.54) is 10.4 Å². The van der Waals surface area contributed by atoms with E-state index >= 15 is 0 Å². The Morgan fingerprint density at radius 3 is 2.60 bits per heavy atom. The largest absolute Gasteiger partial charge is 0.308 e. The van der Waals surface area contributed by atoms with E-state index in [2.05, 4.69) is 59.6 Å². The van der Waals surface area contributed by atoms with Crippen molar-refractivity contribution in [2.75, 3.05) is 5.43 Å². The number of nitrogens with two attached hydrogens (primary N) is 1. The Labute approximate surface area is 121 Å². The molecule has 1 aromatic carbocycles. The van der Waals surface area contributed by atoms with Crippen molar-refractivity contribution in [1.29, 1.82) is 0 Å². The van der Waals surface area contributed by atoms with Crippen LogP contribution in [-0.4, -0.2) is 9.97 Å². The highest BCUT2D eigenvalue weighted by atomic mass is 32.1. The Morgan fingerprint density at radius 2 is 1.95 bits per heavy atom. The van der Waals surface area contributed by atoms with Crippen molar-refractivity contribution in [3.63, 3.8) is 0 Å². The van der Waals surface area contributed by atoms with Crippen LogP contribution in [0.25, 0.3) is 21.6 Å². The lowest BCUT2D eigenvalue weighted by atomic mass is 10.1. The Morgan fingerprint density at radius 1 is 1.20 bits per heavy atom. The predicted octanol–water partition coefficient (Wildman–Crippen LogP) is 3.51. The number of hydrazine groups is 1. The van der Waals surface area contributed by atoms with E-state index in [1.807, 2.05) is 0 Å². The van der Waals surface area contributed by atoms with Crippen molar-refractivity contribution >= 4 is 27.4 Å². The highest BCUT2D eigenvalue weighted by molar-refractivity contribution is 7.18. The van der Waals surface area contributed by atoms with Crippen molar-refractivity contribution in [2.45, 2.75) is 20.3 Å².